The average molecular weight is 396 g/mol. The molecule has 2 aromatic carbocycles. The minimum Gasteiger partial charge on any atom is -0.493 e. The van der Waals surface area contributed by atoms with Gasteiger partial charge in [-0.1, -0.05) is 12.1 Å². The molecular weight excluding hydrogens is 376 g/mol. The second-order valence-electron chi connectivity index (χ2n) is 5.97. The number of hydroxylamine groups is 1. The molecule has 0 saturated heterocycles. The quantitative estimate of drug-likeness (QED) is 0.234. The van der Waals surface area contributed by atoms with Crippen molar-refractivity contribution in [2.45, 2.75) is 0 Å². The number of para-hydroxylation sites is 1. The molecule has 29 heavy (non-hydrogen) atoms. The first-order valence-corrected chi connectivity index (χ1v) is 8.80. The lowest BCUT2D eigenvalue weighted by Crippen LogP contribution is -2.26. The molecule has 8 nitrogen and oxygen atoms in total. The Morgan fingerprint density at radius 1 is 1.17 bits per heavy atom. The van der Waals surface area contributed by atoms with Gasteiger partial charge in [0.1, 0.15) is 18.1 Å². The molecule has 8 heteroatoms. The zero-order valence-corrected chi connectivity index (χ0v) is 15.7. The van der Waals surface area contributed by atoms with Gasteiger partial charge in [-0.15, -0.1) is 0 Å². The van der Waals surface area contributed by atoms with Crippen LogP contribution in [0.1, 0.15) is 16.1 Å². The van der Waals surface area contributed by atoms with Crippen LogP contribution < -0.4 is 20.3 Å². The fourth-order valence-electron chi connectivity index (χ4n) is 2.63. The Balaban J connectivity index is 1.46. The van der Waals surface area contributed by atoms with E-state index in [4.69, 9.17) is 19.1 Å². The average Bonchev–Trinajstić information content (AvgIpc) is 3.18. The monoisotopic (exact) mass is 396 g/mol. The van der Waals surface area contributed by atoms with E-state index < -0.39 is 5.91 Å². The van der Waals surface area contributed by atoms with E-state index >= 15 is 0 Å². The van der Waals surface area contributed by atoms with E-state index in [0.29, 0.717) is 35.0 Å². The van der Waals surface area contributed by atoms with Crippen LogP contribution in [0.5, 0.6) is 11.5 Å². The van der Waals surface area contributed by atoms with Crippen molar-refractivity contribution in [2.24, 2.45) is 0 Å². The lowest BCUT2D eigenvalue weighted by atomic mass is 10.2. The minimum absolute atomic E-state index is 0.257. The molecule has 1 heterocycles. The Morgan fingerprint density at radius 3 is 2.69 bits per heavy atom. The molecule has 0 aliphatic heterocycles. The van der Waals surface area contributed by atoms with Crippen molar-refractivity contribution in [3.05, 3.63) is 65.9 Å². The summed E-state index contributed by atoms with van der Waals surface area (Å²) in [5.41, 5.74) is 2.49. The van der Waals surface area contributed by atoms with Gasteiger partial charge in [-0.05, 0) is 42.5 Å². The van der Waals surface area contributed by atoms with Crippen LogP contribution in [0.2, 0.25) is 0 Å². The van der Waals surface area contributed by atoms with Crippen molar-refractivity contribution in [2.75, 3.05) is 20.3 Å². The maximum absolute atomic E-state index is 11.9. The van der Waals surface area contributed by atoms with Gasteiger partial charge >= 0.3 is 0 Å². The maximum atomic E-state index is 11.9. The summed E-state index contributed by atoms with van der Waals surface area (Å²) in [5, 5.41) is 12.2. The molecule has 1 aromatic heterocycles. The second kappa shape index (κ2) is 9.43. The van der Waals surface area contributed by atoms with Crippen molar-refractivity contribution in [1.29, 1.82) is 0 Å². The number of fused-ring (bicyclic) bond motifs is 1. The largest absolute Gasteiger partial charge is 0.493 e. The smallest absolute Gasteiger partial charge is 0.274 e. The molecule has 150 valence electrons. The summed E-state index contributed by atoms with van der Waals surface area (Å²) < 4.78 is 16.4. The number of nitrogens with one attached hydrogen (secondary N) is 2. The van der Waals surface area contributed by atoms with Crippen molar-refractivity contribution in [3.8, 4) is 11.5 Å². The summed E-state index contributed by atoms with van der Waals surface area (Å²) in [4.78, 5) is 23.2. The first-order chi connectivity index (χ1) is 14.1. The number of amides is 2. The highest BCUT2D eigenvalue weighted by Crippen LogP contribution is 2.28. The number of carbonyl (C=O) groups is 2. The number of ether oxygens (including phenoxy) is 2. The van der Waals surface area contributed by atoms with Gasteiger partial charge in [0.2, 0.25) is 5.91 Å². The van der Waals surface area contributed by atoms with Crippen molar-refractivity contribution < 1.29 is 28.7 Å². The third-order valence-corrected chi connectivity index (χ3v) is 4.03. The zero-order valence-electron chi connectivity index (χ0n) is 15.7. The highest BCUT2D eigenvalue weighted by atomic mass is 16.5. The predicted molar refractivity (Wildman–Crippen MR) is 106 cm³/mol. The molecule has 3 N–H and O–H groups in total. The van der Waals surface area contributed by atoms with Crippen LogP contribution in [0, 0.1) is 0 Å². The molecule has 0 atom stereocenters. The second-order valence-corrected chi connectivity index (χ2v) is 5.97. The van der Waals surface area contributed by atoms with Gasteiger partial charge in [-0.3, -0.25) is 14.8 Å². The third-order valence-electron chi connectivity index (χ3n) is 4.03. The Morgan fingerprint density at radius 2 is 1.97 bits per heavy atom. The SMILES string of the molecule is COc1cccc2cc(/C=C/C(=O)NCCOc3ccc(C(=O)NO)cc3)oc12. The number of hydrogen-bond donors (Lipinski definition) is 3. The third kappa shape index (κ3) is 5.14. The molecule has 0 saturated carbocycles. The first-order valence-electron chi connectivity index (χ1n) is 8.80. The molecule has 0 fully saturated rings. The zero-order chi connectivity index (χ0) is 20.6. The van der Waals surface area contributed by atoms with Crippen molar-refractivity contribution in [1.82, 2.24) is 10.8 Å². The minimum atomic E-state index is -0.599. The molecular formula is C21H20N2O6. The topological polar surface area (TPSA) is 110 Å². The maximum Gasteiger partial charge on any atom is 0.274 e. The number of benzene rings is 2. The standard InChI is InChI=1S/C21H20N2O6/c1-27-18-4-2-3-15-13-17(29-20(15)18)9-10-19(24)22-11-12-28-16-7-5-14(6-8-16)21(25)23-26/h2-10,13,26H,11-12H2,1H3,(H,22,24)(H,23,25)/b10-9+. The Hall–Kier alpha value is -3.78. The molecule has 3 rings (SSSR count). The van der Waals surface area contributed by atoms with Crippen LogP contribution in [-0.2, 0) is 4.79 Å². The van der Waals surface area contributed by atoms with E-state index in [2.05, 4.69) is 5.32 Å². The fourth-order valence-corrected chi connectivity index (χ4v) is 2.63. The van der Waals surface area contributed by atoms with Gasteiger partial charge in [0.25, 0.3) is 5.91 Å². The summed E-state index contributed by atoms with van der Waals surface area (Å²) >= 11 is 0. The number of methoxy groups -OCH3 is 1. The number of rotatable bonds is 8. The lowest BCUT2D eigenvalue weighted by Gasteiger charge is -2.07. The number of furan rings is 1. The Bertz CT molecular complexity index is 1020. The number of hydrogen-bond acceptors (Lipinski definition) is 6. The molecule has 0 aliphatic carbocycles. The lowest BCUT2D eigenvalue weighted by molar-refractivity contribution is -0.116. The van der Waals surface area contributed by atoms with Crippen LogP contribution >= 0.6 is 0 Å². The first kappa shape index (κ1) is 20.0. The summed E-state index contributed by atoms with van der Waals surface area (Å²) in [6.45, 7) is 0.558. The van der Waals surface area contributed by atoms with Crippen molar-refractivity contribution >= 4 is 28.9 Å². The Labute approximate surface area is 166 Å². The normalized spacial score (nSPS) is 10.8. The van der Waals surface area contributed by atoms with Gasteiger partial charge in [-0.25, -0.2) is 5.48 Å². The molecule has 0 spiro atoms. The molecule has 0 bridgehead atoms. The van der Waals surface area contributed by atoms with Crippen LogP contribution in [0.15, 0.2) is 59.0 Å². The fraction of sp³-hybridized carbons (Fsp3) is 0.143. The number of carbonyl (C=O) groups excluding carboxylic acids is 2. The molecule has 0 unspecified atom stereocenters. The molecule has 0 aliphatic rings. The van der Waals surface area contributed by atoms with Crippen LogP contribution in [0.3, 0.4) is 0 Å². The van der Waals surface area contributed by atoms with Gasteiger partial charge in [0, 0.05) is 17.0 Å². The van der Waals surface area contributed by atoms with E-state index in [1.165, 1.54) is 18.2 Å². The van der Waals surface area contributed by atoms with Crippen LogP contribution in [0.25, 0.3) is 17.0 Å². The van der Waals surface area contributed by atoms with Gasteiger partial charge in [0.05, 0.1) is 13.7 Å². The van der Waals surface area contributed by atoms with E-state index in [1.807, 2.05) is 18.2 Å². The highest BCUT2D eigenvalue weighted by molar-refractivity contribution is 5.93. The van der Waals surface area contributed by atoms with E-state index in [-0.39, 0.29) is 12.5 Å². The van der Waals surface area contributed by atoms with Crippen LogP contribution in [0.4, 0.5) is 0 Å². The van der Waals surface area contributed by atoms with E-state index in [1.54, 1.807) is 36.9 Å². The van der Waals surface area contributed by atoms with Gasteiger partial charge in [0.15, 0.2) is 11.3 Å². The summed E-state index contributed by atoms with van der Waals surface area (Å²) in [7, 11) is 1.57. The highest BCUT2D eigenvalue weighted by Gasteiger charge is 2.07. The van der Waals surface area contributed by atoms with Gasteiger partial charge in [-0.2, -0.15) is 0 Å². The Kier molecular flexibility index (Phi) is 6.49. The molecule has 3 aromatic rings. The van der Waals surface area contributed by atoms with Gasteiger partial charge < -0.3 is 19.2 Å². The van der Waals surface area contributed by atoms with Crippen molar-refractivity contribution in [3.63, 3.8) is 0 Å². The van der Waals surface area contributed by atoms with E-state index in [9.17, 15) is 9.59 Å². The van der Waals surface area contributed by atoms with Crippen LogP contribution in [-0.4, -0.2) is 37.3 Å². The summed E-state index contributed by atoms with van der Waals surface area (Å²) in [5.74, 6) is 0.840. The summed E-state index contributed by atoms with van der Waals surface area (Å²) in [6.07, 6.45) is 2.97. The molecule has 0 radical (unpaired) electrons. The van der Waals surface area contributed by atoms with E-state index in [0.717, 1.165) is 5.39 Å². The predicted octanol–water partition coefficient (Wildman–Crippen LogP) is 2.77. The molecule has 2 amide bonds. The summed E-state index contributed by atoms with van der Waals surface area (Å²) in [6, 6.07) is 13.6.